The highest BCUT2D eigenvalue weighted by Crippen LogP contribution is 2.49. The maximum atomic E-state index is 12.6. The zero-order chi connectivity index (χ0) is 15.7. The molecule has 0 heterocycles. The standard InChI is InChI=1S/C17H21NO4/c1-22-13-8-6-12(7-9-13)18-16(19)14-10-2-4-11(5-3-10)15(14)17(20)21/h6-11,14-15H,2-5H2,1H3,(H,18,19)(H,20,21). The Morgan fingerprint density at radius 1 is 1.05 bits per heavy atom. The Morgan fingerprint density at radius 3 is 2.09 bits per heavy atom. The van der Waals surface area contributed by atoms with Crippen LogP contribution in [0.3, 0.4) is 0 Å². The predicted molar refractivity (Wildman–Crippen MR) is 81.7 cm³/mol. The number of carboxylic acid groups (broad SMARTS) is 1. The highest BCUT2D eigenvalue weighted by Gasteiger charge is 2.50. The van der Waals surface area contributed by atoms with Gasteiger partial charge in [0.05, 0.1) is 18.9 Å². The second-order valence-corrected chi connectivity index (χ2v) is 6.28. The molecule has 2 unspecified atom stereocenters. The number of carbonyl (C=O) groups is 2. The third kappa shape index (κ3) is 2.67. The molecule has 3 saturated carbocycles. The SMILES string of the molecule is COc1ccc(NC(=O)C2C3CCC(CC3)C2C(=O)O)cc1. The Labute approximate surface area is 129 Å². The number of hydrogen-bond donors (Lipinski definition) is 2. The molecule has 1 aromatic rings. The second kappa shape index (κ2) is 5.99. The minimum atomic E-state index is -0.829. The molecule has 4 rings (SSSR count). The number of benzene rings is 1. The number of fused-ring (bicyclic) bond motifs is 3. The molecule has 1 amide bonds. The fraction of sp³-hybridized carbons (Fsp3) is 0.529. The number of ether oxygens (including phenoxy) is 1. The molecule has 3 aliphatic rings. The first-order valence-electron chi connectivity index (χ1n) is 7.78. The maximum Gasteiger partial charge on any atom is 0.307 e. The summed E-state index contributed by atoms with van der Waals surface area (Å²) < 4.78 is 5.09. The summed E-state index contributed by atoms with van der Waals surface area (Å²) in [5.41, 5.74) is 0.677. The van der Waals surface area contributed by atoms with Crippen LogP contribution in [0.25, 0.3) is 0 Å². The minimum Gasteiger partial charge on any atom is -0.497 e. The molecule has 0 aromatic heterocycles. The monoisotopic (exact) mass is 303 g/mol. The van der Waals surface area contributed by atoms with Gasteiger partial charge in [-0.25, -0.2) is 0 Å². The van der Waals surface area contributed by atoms with E-state index in [-0.39, 0.29) is 17.7 Å². The topological polar surface area (TPSA) is 75.6 Å². The lowest BCUT2D eigenvalue weighted by Gasteiger charge is -2.45. The van der Waals surface area contributed by atoms with Crippen LogP contribution in [0.4, 0.5) is 5.69 Å². The van der Waals surface area contributed by atoms with E-state index in [9.17, 15) is 14.7 Å². The first kappa shape index (κ1) is 14.9. The molecule has 2 atom stereocenters. The predicted octanol–water partition coefficient (Wildman–Crippen LogP) is 2.77. The number of hydrogen-bond acceptors (Lipinski definition) is 3. The number of rotatable bonds is 4. The molecule has 0 radical (unpaired) electrons. The lowest BCUT2D eigenvalue weighted by molar-refractivity contribution is -0.156. The molecular weight excluding hydrogens is 282 g/mol. The number of aliphatic carboxylic acids is 1. The Kier molecular flexibility index (Phi) is 4.05. The summed E-state index contributed by atoms with van der Waals surface area (Å²) in [6, 6.07) is 7.09. The molecule has 0 saturated heterocycles. The van der Waals surface area contributed by atoms with E-state index in [1.165, 1.54) is 0 Å². The number of methoxy groups -OCH3 is 1. The van der Waals surface area contributed by atoms with E-state index >= 15 is 0 Å². The van der Waals surface area contributed by atoms with Gasteiger partial charge in [-0.15, -0.1) is 0 Å². The summed E-state index contributed by atoms with van der Waals surface area (Å²) in [5, 5.41) is 12.4. The van der Waals surface area contributed by atoms with Gasteiger partial charge in [0.2, 0.25) is 5.91 Å². The van der Waals surface area contributed by atoms with Gasteiger partial charge in [-0.2, -0.15) is 0 Å². The first-order valence-corrected chi connectivity index (χ1v) is 7.78. The third-order valence-electron chi connectivity index (χ3n) is 5.16. The van der Waals surface area contributed by atoms with Crippen LogP contribution < -0.4 is 10.1 Å². The average Bonchev–Trinajstić information content (AvgIpc) is 2.55. The molecule has 2 N–H and O–H groups in total. The number of anilines is 1. The summed E-state index contributed by atoms with van der Waals surface area (Å²) in [6.07, 6.45) is 3.81. The largest absolute Gasteiger partial charge is 0.497 e. The normalized spacial score (nSPS) is 29.9. The van der Waals surface area contributed by atoms with Gasteiger partial charge in [0.15, 0.2) is 0 Å². The molecule has 118 valence electrons. The van der Waals surface area contributed by atoms with Gasteiger partial charge < -0.3 is 15.2 Å². The molecule has 5 heteroatoms. The fourth-order valence-electron chi connectivity index (χ4n) is 4.08. The Hall–Kier alpha value is -2.04. The molecule has 1 aromatic carbocycles. The number of nitrogens with one attached hydrogen (secondary N) is 1. The molecule has 0 aliphatic heterocycles. The van der Waals surface area contributed by atoms with E-state index in [0.29, 0.717) is 5.69 Å². The van der Waals surface area contributed by atoms with Crippen LogP contribution in [-0.4, -0.2) is 24.1 Å². The highest BCUT2D eigenvalue weighted by atomic mass is 16.5. The Morgan fingerprint density at radius 2 is 1.59 bits per heavy atom. The van der Waals surface area contributed by atoms with Crippen molar-refractivity contribution in [3.05, 3.63) is 24.3 Å². The Bertz CT molecular complexity index is 561. The number of carbonyl (C=O) groups excluding carboxylic acids is 1. The molecule has 3 fully saturated rings. The molecular formula is C17H21NO4. The van der Waals surface area contributed by atoms with Crippen molar-refractivity contribution in [3.8, 4) is 5.75 Å². The van der Waals surface area contributed by atoms with E-state index in [1.807, 2.05) is 0 Å². The van der Waals surface area contributed by atoms with Crippen LogP contribution >= 0.6 is 0 Å². The van der Waals surface area contributed by atoms with Gasteiger partial charge in [-0.1, -0.05) is 0 Å². The van der Waals surface area contributed by atoms with Crippen molar-refractivity contribution in [2.24, 2.45) is 23.7 Å². The van der Waals surface area contributed by atoms with Gasteiger partial charge in [0, 0.05) is 5.69 Å². The van der Waals surface area contributed by atoms with Crippen molar-refractivity contribution in [1.82, 2.24) is 0 Å². The van der Waals surface area contributed by atoms with Crippen molar-refractivity contribution in [2.75, 3.05) is 12.4 Å². The van der Waals surface area contributed by atoms with E-state index < -0.39 is 17.8 Å². The van der Waals surface area contributed by atoms with Gasteiger partial charge in [-0.3, -0.25) is 9.59 Å². The summed E-state index contributed by atoms with van der Waals surface area (Å²) in [7, 11) is 1.59. The molecule has 0 spiro atoms. The van der Waals surface area contributed by atoms with Crippen molar-refractivity contribution < 1.29 is 19.4 Å². The van der Waals surface area contributed by atoms with E-state index in [0.717, 1.165) is 31.4 Å². The fourth-order valence-corrected chi connectivity index (χ4v) is 4.08. The smallest absolute Gasteiger partial charge is 0.307 e. The molecule has 3 aliphatic carbocycles. The number of amides is 1. The quantitative estimate of drug-likeness (QED) is 0.897. The zero-order valence-corrected chi connectivity index (χ0v) is 12.6. The first-order chi connectivity index (χ1) is 10.6. The van der Waals surface area contributed by atoms with Gasteiger partial charge >= 0.3 is 5.97 Å². The zero-order valence-electron chi connectivity index (χ0n) is 12.6. The van der Waals surface area contributed by atoms with Gasteiger partial charge in [0.25, 0.3) is 0 Å². The molecule has 22 heavy (non-hydrogen) atoms. The Balaban J connectivity index is 1.76. The lowest BCUT2D eigenvalue weighted by Crippen LogP contribution is -2.49. The minimum absolute atomic E-state index is 0.147. The average molecular weight is 303 g/mol. The van der Waals surface area contributed by atoms with Crippen LogP contribution in [0.15, 0.2) is 24.3 Å². The maximum absolute atomic E-state index is 12.6. The van der Waals surface area contributed by atoms with E-state index in [1.54, 1.807) is 31.4 Å². The van der Waals surface area contributed by atoms with Gasteiger partial charge in [-0.05, 0) is 61.8 Å². The van der Waals surface area contributed by atoms with E-state index in [2.05, 4.69) is 5.32 Å². The van der Waals surface area contributed by atoms with Crippen molar-refractivity contribution in [2.45, 2.75) is 25.7 Å². The van der Waals surface area contributed by atoms with E-state index in [4.69, 9.17) is 4.74 Å². The van der Waals surface area contributed by atoms with Crippen LogP contribution in [0, 0.1) is 23.7 Å². The van der Waals surface area contributed by atoms with Crippen molar-refractivity contribution in [3.63, 3.8) is 0 Å². The third-order valence-corrected chi connectivity index (χ3v) is 5.16. The highest BCUT2D eigenvalue weighted by molar-refractivity contribution is 5.95. The summed E-state index contributed by atoms with van der Waals surface area (Å²) >= 11 is 0. The molecule has 2 bridgehead atoms. The molecule has 5 nitrogen and oxygen atoms in total. The summed E-state index contributed by atoms with van der Waals surface area (Å²) in [5.74, 6) is -0.870. The summed E-state index contributed by atoms with van der Waals surface area (Å²) in [4.78, 5) is 24.2. The van der Waals surface area contributed by atoms with Crippen LogP contribution in [0.2, 0.25) is 0 Å². The number of carboxylic acids is 1. The van der Waals surface area contributed by atoms with Crippen LogP contribution in [0.1, 0.15) is 25.7 Å². The van der Waals surface area contributed by atoms with Crippen LogP contribution in [-0.2, 0) is 9.59 Å². The lowest BCUT2D eigenvalue weighted by atomic mass is 9.58. The van der Waals surface area contributed by atoms with Crippen molar-refractivity contribution >= 4 is 17.6 Å². The second-order valence-electron chi connectivity index (χ2n) is 6.28. The summed E-state index contributed by atoms with van der Waals surface area (Å²) in [6.45, 7) is 0. The van der Waals surface area contributed by atoms with Crippen molar-refractivity contribution in [1.29, 1.82) is 0 Å². The van der Waals surface area contributed by atoms with Gasteiger partial charge in [0.1, 0.15) is 5.75 Å². The van der Waals surface area contributed by atoms with Crippen LogP contribution in [0.5, 0.6) is 5.75 Å².